The molecule has 3 rings (SSSR count). The Labute approximate surface area is 170 Å². The van der Waals surface area contributed by atoms with Crippen LogP contribution in [0.3, 0.4) is 0 Å². The van der Waals surface area contributed by atoms with Crippen LogP contribution >= 0.6 is 0 Å². The fraction of sp³-hybridized carbons (Fsp3) is 0.222. The van der Waals surface area contributed by atoms with E-state index in [0.29, 0.717) is 11.4 Å². The van der Waals surface area contributed by atoms with Crippen LogP contribution in [-0.4, -0.2) is 42.8 Å². The number of nitrogens with two attached hydrogens (primary N) is 2. The molecule has 0 aliphatic carbocycles. The predicted octanol–water partition coefficient (Wildman–Crippen LogP) is 0.115. The predicted molar refractivity (Wildman–Crippen MR) is 109 cm³/mol. The van der Waals surface area contributed by atoms with Crippen molar-refractivity contribution in [3.05, 3.63) is 52.6 Å². The maximum Gasteiger partial charge on any atom is 0.267 e. The molecular weight excluding hydrogens is 390 g/mol. The highest BCUT2D eigenvalue weighted by molar-refractivity contribution is 5.98. The topological polar surface area (TPSA) is 187 Å². The zero-order valence-electron chi connectivity index (χ0n) is 16.3. The van der Waals surface area contributed by atoms with Crippen LogP contribution in [0.15, 0.2) is 41.5 Å². The number of H-pyrrole nitrogens is 1. The molecule has 12 nitrogen and oxygen atoms in total. The van der Waals surface area contributed by atoms with Crippen LogP contribution in [0.2, 0.25) is 0 Å². The van der Waals surface area contributed by atoms with Crippen molar-refractivity contribution in [1.82, 2.24) is 25.0 Å². The number of nitrogens with one attached hydrogen (secondary N) is 3. The number of rotatable bonds is 8. The van der Waals surface area contributed by atoms with E-state index in [1.54, 1.807) is 38.1 Å². The van der Waals surface area contributed by atoms with E-state index < -0.39 is 23.4 Å². The third kappa shape index (κ3) is 4.43. The summed E-state index contributed by atoms with van der Waals surface area (Å²) in [4.78, 5) is 44.0. The highest BCUT2D eigenvalue weighted by Crippen LogP contribution is 2.20. The van der Waals surface area contributed by atoms with Gasteiger partial charge in [0.05, 0.1) is 18.1 Å². The van der Waals surface area contributed by atoms with Gasteiger partial charge in [-0.3, -0.25) is 19.4 Å². The zero-order chi connectivity index (χ0) is 21.8. The lowest BCUT2D eigenvalue weighted by Gasteiger charge is -2.20. The second-order valence-electron chi connectivity index (χ2n) is 6.76. The number of nitrogens with zero attached hydrogens (tertiary/aromatic N) is 4. The maximum atomic E-state index is 12.5. The number of primary amides is 2. The molecule has 1 aromatic carbocycles. The molecule has 0 fully saturated rings. The number of anilines is 3. The van der Waals surface area contributed by atoms with E-state index in [4.69, 9.17) is 11.5 Å². The van der Waals surface area contributed by atoms with Gasteiger partial charge in [0.15, 0.2) is 5.82 Å². The van der Waals surface area contributed by atoms with E-state index in [1.807, 2.05) is 0 Å². The summed E-state index contributed by atoms with van der Waals surface area (Å²) >= 11 is 0. The number of carbonyl (C=O) groups excluding carboxylic acids is 2. The molecule has 0 unspecified atom stereocenters. The molecule has 0 radical (unpaired) electrons. The van der Waals surface area contributed by atoms with Crippen molar-refractivity contribution >= 4 is 29.3 Å². The Balaban J connectivity index is 2.00. The number of carbonyl (C=O) groups is 2. The first-order valence-electron chi connectivity index (χ1n) is 9.00. The van der Waals surface area contributed by atoms with Gasteiger partial charge in [-0.25, -0.2) is 0 Å². The molecule has 0 aliphatic rings. The Bertz CT molecular complexity index is 1120. The molecule has 0 spiro atoms. The molecule has 0 aliphatic heterocycles. The number of hydrogen-bond donors (Lipinski definition) is 5. The molecule has 0 saturated heterocycles. The van der Waals surface area contributed by atoms with Crippen LogP contribution in [0.25, 0.3) is 5.69 Å². The smallest absolute Gasteiger partial charge is 0.267 e. The van der Waals surface area contributed by atoms with Crippen molar-refractivity contribution < 1.29 is 9.59 Å². The van der Waals surface area contributed by atoms with Crippen molar-refractivity contribution in [1.29, 1.82) is 0 Å². The molecule has 12 heteroatoms. The molecule has 0 saturated carbocycles. The lowest BCUT2D eigenvalue weighted by Crippen LogP contribution is -2.40. The summed E-state index contributed by atoms with van der Waals surface area (Å²) in [7, 11) is 0. The average Bonchev–Trinajstić information content (AvgIpc) is 3.20. The second kappa shape index (κ2) is 8.43. The van der Waals surface area contributed by atoms with Crippen molar-refractivity contribution in [2.45, 2.75) is 19.9 Å². The van der Waals surface area contributed by atoms with Crippen LogP contribution in [0.5, 0.6) is 0 Å². The van der Waals surface area contributed by atoms with E-state index >= 15 is 0 Å². The van der Waals surface area contributed by atoms with Crippen LogP contribution < -0.4 is 27.7 Å². The summed E-state index contributed by atoms with van der Waals surface area (Å²) in [5, 5.41) is 13.8. The quantitative estimate of drug-likeness (QED) is 0.345. The van der Waals surface area contributed by atoms with Crippen LogP contribution in [0, 0.1) is 5.92 Å². The third-order valence-corrected chi connectivity index (χ3v) is 4.19. The fourth-order valence-electron chi connectivity index (χ4n) is 2.77. The number of hydrogen-bond acceptors (Lipinski definition) is 8. The van der Waals surface area contributed by atoms with Gasteiger partial charge in [0, 0.05) is 5.69 Å². The lowest BCUT2D eigenvalue weighted by molar-refractivity contribution is -0.119. The Kier molecular flexibility index (Phi) is 5.76. The van der Waals surface area contributed by atoms with E-state index in [9.17, 15) is 14.4 Å². The van der Waals surface area contributed by atoms with Gasteiger partial charge in [-0.05, 0) is 24.1 Å². The van der Waals surface area contributed by atoms with Gasteiger partial charge in [0.2, 0.25) is 11.9 Å². The van der Waals surface area contributed by atoms with Crippen molar-refractivity contribution in [3.8, 4) is 5.69 Å². The Hall–Kier alpha value is -4.22. The first-order valence-corrected chi connectivity index (χ1v) is 9.00. The molecule has 156 valence electrons. The van der Waals surface area contributed by atoms with Crippen molar-refractivity contribution in [2.75, 3.05) is 10.6 Å². The molecule has 3 aromatic rings. The first-order chi connectivity index (χ1) is 14.3. The van der Waals surface area contributed by atoms with Gasteiger partial charge in [-0.1, -0.05) is 19.9 Å². The zero-order valence-corrected chi connectivity index (χ0v) is 16.3. The molecule has 2 heterocycles. The van der Waals surface area contributed by atoms with Crippen LogP contribution in [-0.2, 0) is 4.79 Å². The minimum Gasteiger partial charge on any atom is -0.368 e. The van der Waals surface area contributed by atoms with Gasteiger partial charge in [-0.15, -0.1) is 0 Å². The first kappa shape index (κ1) is 20.5. The highest BCUT2D eigenvalue weighted by atomic mass is 16.2. The second-order valence-corrected chi connectivity index (χ2v) is 6.76. The fourth-order valence-corrected chi connectivity index (χ4v) is 2.77. The largest absolute Gasteiger partial charge is 0.368 e. The van der Waals surface area contributed by atoms with Crippen LogP contribution in [0.1, 0.15) is 24.2 Å². The molecule has 2 amide bonds. The molecule has 1 atom stereocenters. The van der Waals surface area contributed by atoms with E-state index in [1.165, 1.54) is 17.2 Å². The number of aromatic amines is 1. The minimum atomic E-state index is -0.960. The highest BCUT2D eigenvalue weighted by Gasteiger charge is 2.22. The van der Waals surface area contributed by atoms with E-state index in [2.05, 4.69) is 30.8 Å². The molecular formula is C18H21N9O3. The summed E-state index contributed by atoms with van der Waals surface area (Å²) in [6.45, 7) is 3.57. The SMILES string of the molecule is CC(C)[C@@H](Nc1nc(Nc2cccc(-n3nccn3)c2)c(C(N)=O)c(=O)[nH]1)C(N)=O. The Morgan fingerprint density at radius 3 is 2.47 bits per heavy atom. The number of amides is 2. The Morgan fingerprint density at radius 2 is 1.87 bits per heavy atom. The van der Waals surface area contributed by atoms with E-state index in [0.717, 1.165) is 0 Å². The average molecular weight is 411 g/mol. The standard InChI is InChI=1S/C18H21N9O3/c1-9(2)13(15(20)29)24-18-25-16(12(14(19)28)17(30)26-18)23-10-4-3-5-11(8-10)27-21-6-7-22-27/h3-9,13H,1-2H3,(H2,19,28)(H2,20,29)(H3,23,24,25,26,30)/t13-/m1/s1. The van der Waals surface area contributed by atoms with Crippen molar-refractivity contribution in [2.24, 2.45) is 17.4 Å². The van der Waals surface area contributed by atoms with E-state index in [-0.39, 0.29) is 23.2 Å². The molecule has 0 bridgehead atoms. The normalized spacial score (nSPS) is 11.8. The summed E-state index contributed by atoms with van der Waals surface area (Å²) in [6.07, 6.45) is 3.07. The summed E-state index contributed by atoms with van der Waals surface area (Å²) in [5.41, 5.74) is 10.8. The third-order valence-electron chi connectivity index (χ3n) is 4.19. The lowest BCUT2D eigenvalue weighted by atomic mass is 10.0. The van der Waals surface area contributed by atoms with Gasteiger partial charge in [-0.2, -0.15) is 20.0 Å². The number of benzene rings is 1. The molecule has 2 aromatic heterocycles. The molecule has 30 heavy (non-hydrogen) atoms. The maximum absolute atomic E-state index is 12.5. The minimum absolute atomic E-state index is 0.0325. The summed E-state index contributed by atoms with van der Waals surface area (Å²) in [6, 6.07) is 6.13. The van der Waals surface area contributed by atoms with Gasteiger partial charge in [0.1, 0.15) is 11.6 Å². The summed E-state index contributed by atoms with van der Waals surface area (Å²) < 4.78 is 0. The summed E-state index contributed by atoms with van der Waals surface area (Å²) in [5.74, 6) is -1.85. The van der Waals surface area contributed by atoms with Crippen LogP contribution in [0.4, 0.5) is 17.5 Å². The number of aromatic nitrogens is 5. The van der Waals surface area contributed by atoms with Gasteiger partial charge in [0.25, 0.3) is 11.5 Å². The Morgan fingerprint density at radius 1 is 1.17 bits per heavy atom. The van der Waals surface area contributed by atoms with Gasteiger partial charge >= 0.3 is 0 Å². The molecule has 7 N–H and O–H groups in total. The van der Waals surface area contributed by atoms with Gasteiger partial charge < -0.3 is 22.1 Å². The monoisotopic (exact) mass is 411 g/mol. The van der Waals surface area contributed by atoms with Crippen molar-refractivity contribution in [3.63, 3.8) is 0 Å².